The second kappa shape index (κ2) is 6.23. The SMILES string of the molecule is O=C(O)CCNC(=O)NC1CCCCO1. The van der Waals surface area contributed by atoms with Crippen molar-refractivity contribution < 1.29 is 19.4 Å². The van der Waals surface area contributed by atoms with Gasteiger partial charge in [-0.05, 0) is 19.3 Å². The van der Waals surface area contributed by atoms with Crippen molar-refractivity contribution in [2.24, 2.45) is 0 Å². The first-order valence-corrected chi connectivity index (χ1v) is 5.06. The maximum absolute atomic E-state index is 11.2. The molecule has 1 saturated heterocycles. The smallest absolute Gasteiger partial charge is 0.316 e. The standard InChI is InChI=1S/C9H16N2O4/c12-8(13)4-5-10-9(14)11-7-3-1-2-6-15-7/h7H,1-6H2,(H,12,13)(H2,10,11,14). The minimum Gasteiger partial charge on any atom is -0.481 e. The van der Waals surface area contributed by atoms with Crippen molar-refractivity contribution in [1.82, 2.24) is 10.6 Å². The Morgan fingerprint density at radius 2 is 2.20 bits per heavy atom. The molecule has 0 bridgehead atoms. The van der Waals surface area contributed by atoms with E-state index in [1.807, 2.05) is 0 Å². The second-order valence-corrected chi connectivity index (χ2v) is 3.40. The van der Waals surface area contributed by atoms with Gasteiger partial charge in [0.1, 0.15) is 6.23 Å². The maximum atomic E-state index is 11.2. The van der Waals surface area contributed by atoms with Gasteiger partial charge < -0.3 is 20.5 Å². The van der Waals surface area contributed by atoms with Crippen LogP contribution in [-0.4, -0.2) is 36.5 Å². The Hall–Kier alpha value is -1.30. The predicted molar refractivity (Wildman–Crippen MR) is 52.4 cm³/mol. The molecule has 0 aromatic carbocycles. The Morgan fingerprint density at radius 1 is 1.40 bits per heavy atom. The zero-order valence-electron chi connectivity index (χ0n) is 8.49. The highest BCUT2D eigenvalue weighted by Gasteiger charge is 2.15. The summed E-state index contributed by atoms with van der Waals surface area (Å²) in [5.41, 5.74) is 0. The largest absolute Gasteiger partial charge is 0.481 e. The molecular weight excluding hydrogens is 200 g/mol. The third kappa shape index (κ3) is 5.21. The summed E-state index contributed by atoms with van der Waals surface area (Å²) >= 11 is 0. The van der Waals surface area contributed by atoms with Gasteiger partial charge in [0.05, 0.1) is 6.42 Å². The number of urea groups is 1. The lowest BCUT2D eigenvalue weighted by Crippen LogP contribution is -2.45. The van der Waals surface area contributed by atoms with Gasteiger partial charge in [-0.1, -0.05) is 0 Å². The minimum atomic E-state index is -0.927. The fourth-order valence-electron chi connectivity index (χ4n) is 1.33. The van der Waals surface area contributed by atoms with E-state index < -0.39 is 5.97 Å². The topological polar surface area (TPSA) is 87.7 Å². The van der Waals surface area contributed by atoms with Crippen molar-refractivity contribution in [2.75, 3.05) is 13.2 Å². The average Bonchev–Trinajstić information content (AvgIpc) is 2.18. The van der Waals surface area contributed by atoms with Crippen LogP contribution in [0.4, 0.5) is 4.79 Å². The molecule has 0 spiro atoms. The van der Waals surface area contributed by atoms with E-state index in [9.17, 15) is 9.59 Å². The lowest BCUT2D eigenvalue weighted by Gasteiger charge is -2.23. The lowest BCUT2D eigenvalue weighted by molar-refractivity contribution is -0.136. The van der Waals surface area contributed by atoms with Crippen LogP contribution in [0.5, 0.6) is 0 Å². The summed E-state index contributed by atoms with van der Waals surface area (Å²) < 4.78 is 5.29. The molecule has 0 saturated carbocycles. The van der Waals surface area contributed by atoms with Gasteiger partial charge in [0.2, 0.25) is 0 Å². The van der Waals surface area contributed by atoms with Gasteiger partial charge in [0.15, 0.2) is 0 Å². The third-order valence-electron chi connectivity index (χ3n) is 2.10. The van der Waals surface area contributed by atoms with Crippen LogP contribution in [-0.2, 0) is 9.53 Å². The summed E-state index contributed by atoms with van der Waals surface area (Å²) in [6, 6.07) is -0.372. The summed E-state index contributed by atoms with van der Waals surface area (Å²) in [4.78, 5) is 21.4. The van der Waals surface area contributed by atoms with Gasteiger partial charge in [-0.25, -0.2) is 4.79 Å². The molecule has 6 heteroatoms. The van der Waals surface area contributed by atoms with Crippen molar-refractivity contribution >= 4 is 12.0 Å². The summed E-state index contributed by atoms with van der Waals surface area (Å²) in [5, 5.41) is 13.4. The number of nitrogens with one attached hydrogen (secondary N) is 2. The normalized spacial score (nSPS) is 20.7. The number of aliphatic carboxylic acids is 1. The molecule has 1 fully saturated rings. The van der Waals surface area contributed by atoms with Crippen LogP contribution in [0.1, 0.15) is 25.7 Å². The van der Waals surface area contributed by atoms with E-state index in [1.165, 1.54) is 0 Å². The fraction of sp³-hybridized carbons (Fsp3) is 0.778. The molecule has 1 rings (SSSR count). The molecule has 3 N–H and O–H groups in total. The highest BCUT2D eigenvalue weighted by atomic mass is 16.5. The van der Waals surface area contributed by atoms with E-state index in [2.05, 4.69) is 10.6 Å². The molecule has 86 valence electrons. The van der Waals surface area contributed by atoms with Crippen LogP contribution in [0.15, 0.2) is 0 Å². The van der Waals surface area contributed by atoms with Gasteiger partial charge in [0, 0.05) is 13.2 Å². The van der Waals surface area contributed by atoms with Crippen LogP contribution < -0.4 is 10.6 Å². The predicted octanol–water partition coefficient (Wildman–Crippen LogP) is 0.287. The second-order valence-electron chi connectivity index (χ2n) is 3.40. The van der Waals surface area contributed by atoms with Gasteiger partial charge in [-0.15, -0.1) is 0 Å². The Balaban J connectivity index is 2.09. The van der Waals surface area contributed by atoms with Crippen LogP contribution in [0.2, 0.25) is 0 Å². The van der Waals surface area contributed by atoms with Crippen molar-refractivity contribution in [2.45, 2.75) is 31.9 Å². The van der Waals surface area contributed by atoms with Crippen LogP contribution in [0, 0.1) is 0 Å². The van der Waals surface area contributed by atoms with Crippen LogP contribution in [0.3, 0.4) is 0 Å². The number of carbonyl (C=O) groups is 2. The fourth-order valence-corrected chi connectivity index (χ4v) is 1.33. The first-order chi connectivity index (χ1) is 7.18. The molecular formula is C9H16N2O4. The number of hydrogen-bond acceptors (Lipinski definition) is 3. The molecule has 2 amide bonds. The highest BCUT2D eigenvalue weighted by Crippen LogP contribution is 2.09. The number of amides is 2. The van der Waals surface area contributed by atoms with E-state index in [4.69, 9.17) is 9.84 Å². The molecule has 0 aromatic rings. The van der Waals surface area contributed by atoms with Crippen LogP contribution >= 0.6 is 0 Å². The molecule has 1 heterocycles. The Bertz CT molecular complexity index is 226. The first kappa shape index (κ1) is 11.8. The molecule has 0 aromatic heterocycles. The summed E-state index contributed by atoms with van der Waals surface area (Å²) in [6.45, 7) is 0.800. The maximum Gasteiger partial charge on any atom is 0.316 e. The molecule has 1 unspecified atom stereocenters. The number of hydrogen-bond donors (Lipinski definition) is 3. The monoisotopic (exact) mass is 216 g/mol. The molecule has 6 nitrogen and oxygen atoms in total. The lowest BCUT2D eigenvalue weighted by atomic mass is 10.2. The zero-order chi connectivity index (χ0) is 11.1. The molecule has 1 atom stereocenters. The molecule has 0 aliphatic carbocycles. The van der Waals surface area contributed by atoms with Gasteiger partial charge in [0.25, 0.3) is 0 Å². The summed E-state index contributed by atoms with van der Waals surface area (Å²) in [6.07, 6.45) is 2.58. The van der Waals surface area contributed by atoms with Gasteiger partial charge in [-0.2, -0.15) is 0 Å². The molecule has 15 heavy (non-hydrogen) atoms. The molecule has 0 radical (unpaired) electrons. The minimum absolute atomic E-state index is 0.0705. The number of carboxylic acid groups (broad SMARTS) is 1. The van der Waals surface area contributed by atoms with Gasteiger partial charge >= 0.3 is 12.0 Å². The molecule has 1 aliphatic heterocycles. The Labute approximate surface area is 88.0 Å². The quantitative estimate of drug-likeness (QED) is 0.630. The number of rotatable bonds is 4. The first-order valence-electron chi connectivity index (χ1n) is 5.06. The molecule has 1 aliphatic rings. The number of carboxylic acids is 1. The van der Waals surface area contributed by atoms with Crippen molar-refractivity contribution in [3.63, 3.8) is 0 Å². The van der Waals surface area contributed by atoms with Gasteiger partial charge in [-0.3, -0.25) is 4.79 Å². The van der Waals surface area contributed by atoms with Crippen molar-refractivity contribution in [1.29, 1.82) is 0 Å². The number of ether oxygens (including phenoxy) is 1. The Morgan fingerprint density at radius 3 is 2.80 bits per heavy atom. The van der Waals surface area contributed by atoms with E-state index in [0.29, 0.717) is 6.61 Å². The van der Waals surface area contributed by atoms with E-state index in [1.54, 1.807) is 0 Å². The van der Waals surface area contributed by atoms with Crippen LogP contribution in [0.25, 0.3) is 0 Å². The summed E-state index contributed by atoms with van der Waals surface area (Å²) in [7, 11) is 0. The van der Waals surface area contributed by atoms with Crippen molar-refractivity contribution in [3.05, 3.63) is 0 Å². The van der Waals surface area contributed by atoms with E-state index in [-0.39, 0.29) is 25.2 Å². The number of carbonyl (C=O) groups excluding carboxylic acids is 1. The van der Waals surface area contributed by atoms with E-state index in [0.717, 1.165) is 19.3 Å². The third-order valence-corrected chi connectivity index (χ3v) is 2.10. The van der Waals surface area contributed by atoms with Crippen molar-refractivity contribution in [3.8, 4) is 0 Å². The summed E-state index contributed by atoms with van der Waals surface area (Å²) in [5.74, 6) is -0.927. The Kier molecular flexibility index (Phi) is 4.89. The highest BCUT2D eigenvalue weighted by molar-refractivity contribution is 5.75. The zero-order valence-corrected chi connectivity index (χ0v) is 8.49. The van der Waals surface area contributed by atoms with E-state index >= 15 is 0 Å². The average molecular weight is 216 g/mol.